The topological polar surface area (TPSA) is 46.3 Å². The molecule has 0 unspecified atom stereocenters. The highest BCUT2D eigenvalue weighted by atomic mass is 32.1. The van der Waals surface area contributed by atoms with Gasteiger partial charge in [0.25, 0.3) is 5.91 Å². The molecule has 18 heavy (non-hydrogen) atoms. The number of nitrogens with zero attached hydrogens (tertiary/aromatic N) is 1. The van der Waals surface area contributed by atoms with Crippen LogP contribution < -0.4 is 5.73 Å². The zero-order valence-corrected chi connectivity index (χ0v) is 11.4. The van der Waals surface area contributed by atoms with E-state index in [4.69, 9.17) is 18.0 Å². The van der Waals surface area contributed by atoms with Crippen molar-refractivity contribution in [1.82, 2.24) is 4.90 Å². The van der Waals surface area contributed by atoms with Gasteiger partial charge in [0.05, 0.1) is 4.99 Å². The van der Waals surface area contributed by atoms with E-state index in [1.165, 1.54) is 12.1 Å². The molecule has 0 atom stereocenters. The Bertz CT molecular complexity index is 442. The van der Waals surface area contributed by atoms with Gasteiger partial charge in [-0.05, 0) is 37.6 Å². The normalized spacial score (nSPS) is 10.2. The van der Waals surface area contributed by atoms with Crippen molar-refractivity contribution in [3.8, 4) is 0 Å². The summed E-state index contributed by atoms with van der Waals surface area (Å²) in [6.45, 7) is 4.62. The molecule has 0 radical (unpaired) electrons. The standard InChI is InChI=1S/C13H17FN2OS/c1-3-16(5-4-12(15)18)13(17)10-6-9(2)7-11(14)8-10/h6-8H,3-5H2,1-2H3,(H2,15,18). The number of halogens is 1. The summed E-state index contributed by atoms with van der Waals surface area (Å²) in [7, 11) is 0. The predicted octanol–water partition coefficient (Wildman–Crippen LogP) is 2.27. The van der Waals surface area contributed by atoms with Crippen molar-refractivity contribution in [2.45, 2.75) is 20.3 Å². The molecule has 0 aromatic heterocycles. The van der Waals surface area contributed by atoms with Crippen LogP contribution in [-0.4, -0.2) is 28.9 Å². The molecule has 98 valence electrons. The number of carbonyl (C=O) groups is 1. The highest BCUT2D eigenvalue weighted by molar-refractivity contribution is 7.80. The van der Waals surface area contributed by atoms with Crippen LogP contribution in [0.1, 0.15) is 29.3 Å². The van der Waals surface area contributed by atoms with E-state index >= 15 is 0 Å². The Kier molecular flexibility index (Phi) is 5.22. The van der Waals surface area contributed by atoms with Crippen LogP contribution in [0, 0.1) is 12.7 Å². The number of hydrogen-bond donors (Lipinski definition) is 1. The van der Waals surface area contributed by atoms with E-state index in [1.807, 2.05) is 6.92 Å². The fourth-order valence-electron chi connectivity index (χ4n) is 1.69. The van der Waals surface area contributed by atoms with E-state index in [-0.39, 0.29) is 5.91 Å². The summed E-state index contributed by atoms with van der Waals surface area (Å²) in [5.41, 5.74) is 6.50. The van der Waals surface area contributed by atoms with Gasteiger partial charge in [-0.15, -0.1) is 0 Å². The van der Waals surface area contributed by atoms with Crippen LogP contribution >= 0.6 is 12.2 Å². The van der Waals surface area contributed by atoms with Gasteiger partial charge in [-0.2, -0.15) is 0 Å². The average Bonchev–Trinajstić information content (AvgIpc) is 2.27. The lowest BCUT2D eigenvalue weighted by atomic mass is 10.1. The van der Waals surface area contributed by atoms with Crippen molar-refractivity contribution in [2.75, 3.05) is 13.1 Å². The van der Waals surface area contributed by atoms with Crippen LogP contribution in [-0.2, 0) is 0 Å². The second-order valence-corrected chi connectivity index (χ2v) is 4.64. The molecular formula is C13H17FN2OS. The maximum Gasteiger partial charge on any atom is 0.253 e. The first-order chi connectivity index (χ1) is 8.43. The molecule has 0 bridgehead atoms. The van der Waals surface area contributed by atoms with E-state index < -0.39 is 5.82 Å². The first kappa shape index (κ1) is 14.6. The minimum absolute atomic E-state index is 0.198. The van der Waals surface area contributed by atoms with Crippen molar-refractivity contribution in [3.63, 3.8) is 0 Å². The third-order valence-electron chi connectivity index (χ3n) is 2.59. The van der Waals surface area contributed by atoms with Gasteiger partial charge in [-0.3, -0.25) is 4.79 Å². The molecule has 3 nitrogen and oxygen atoms in total. The number of rotatable bonds is 5. The quantitative estimate of drug-likeness (QED) is 0.833. The van der Waals surface area contributed by atoms with Crippen molar-refractivity contribution in [2.24, 2.45) is 5.73 Å². The summed E-state index contributed by atoms with van der Waals surface area (Å²) in [5.74, 6) is -0.597. The molecule has 0 fully saturated rings. The van der Waals surface area contributed by atoms with E-state index in [0.29, 0.717) is 30.1 Å². The molecule has 0 saturated carbocycles. The fourth-order valence-corrected chi connectivity index (χ4v) is 1.78. The Labute approximate surface area is 112 Å². The number of benzene rings is 1. The number of carbonyl (C=O) groups excluding carboxylic acids is 1. The first-order valence-corrected chi connectivity index (χ1v) is 6.19. The third-order valence-corrected chi connectivity index (χ3v) is 2.79. The summed E-state index contributed by atoms with van der Waals surface area (Å²) in [6.07, 6.45) is 0.475. The molecule has 1 amide bonds. The zero-order valence-electron chi connectivity index (χ0n) is 10.6. The monoisotopic (exact) mass is 268 g/mol. The van der Waals surface area contributed by atoms with E-state index in [1.54, 1.807) is 17.9 Å². The molecule has 0 spiro atoms. The molecule has 0 aliphatic rings. The number of thiocarbonyl (C=S) groups is 1. The largest absolute Gasteiger partial charge is 0.393 e. The number of hydrogen-bond acceptors (Lipinski definition) is 2. The summed E-state index contributed by atoms with van der Waals surface area (Å²) in [5, 5.41) is 0. The van der Waals surface area contributed by atoms with Gasteiger partial charge >= 0.3 is 0 Å². The van der Waals surface area contributed by atoms with Crippen LogP contribution in [0.3, 0.4) is 0 Å². The molecule has 0 aliphatic carbocycles. The molecular weight excluding hydrogens is 251 g/mol. The molecule has 1 aromatic rings. The van der Waals surface area contributed by atoms with Crippen molar-refractivity contribution >= 4 is 23.1 Å². The number of aryl methyl sites for hydroxylation is 1. The van der Waals surface area contributed by atoms with Gasteiger partial charge in [-0.1, -0.05) is 12.2 Å². The highest BCUT2D eigenvalue weighted by Crippen LogP contribution is 2.11. The van der Waals surface area contributed by atoms with Crippen LogP contribution in [0.25, 0.3) is 0 Å². The Balaban J connectivity index is 2.85. The predicted molar refractivity (Wildman–Crippen MR) is 74.1 cm³/mol. The van der Waals surface area contributed by atoms with Crippen LogP contribution in [0.15, 0.2) is 18.2 Å². The van der Waals surface area contributed by atoms with Crippen LogP contribution in [0.5, 0.6) is 0 Å². The second kappa shape index (κ2) is 6.44. The Hall–Kier alpha value is -1.49. The maximum atomic E-state index is 13.3. The summed E-state index contributed by atoms with van der Waals surface area (Å²) >= 11 is 4.79. The summed E-state index contributed by atoms with van der Waals surface area (Å²) in [4.78, 5) is 14.1. The SMILES string of the molecule is CCN(CCC(N)=S)C(=O)c1cc(C)cc(F)c1. The molecule has 0 aliphatic heterocycles. The van der Waals surface area contributed by atoms with Gasteiger partial charge in [0, 0.05) is 25.1 Å². The van der Waals surface area contributed by atoms with Crippen LogP contribution in [0.2, 0.25) is 0 Å². The molecule has 1 aromatic carbocycles. The second-order valence-electron chi connectivity index (χ2n) is 4.12. The van der Waals surface area contributed by atoms with Crippen molar-refractivity contribution < 1.29 is 9.18 Å². The number of nitrogens with two attached hydrogens (primary N) is 1. The first-order valence-electron chi connectivity index (χ1n) is 5.78. The molecule has 1 rings (SSSR count). The van der Waals surface area contributed by atoms with Gasteiger partial charge in [0.15, 0.2) is 0 Å². The average molecular weight is 268 g/mol. The summed E-state index contributed by atoms with van der Waals surface area (Å²) in [6, 6.07) is 4.32. The maximum absolute atomic E-state index is 13.3. The molecule has 0 heterocycles. The lowest BCUT2D eigenvalue weighted by Gasteiger charge is -2.20. The Morgan fingerprint density at radius 1 is 1.44 bits per heavy atom. The fraction of sp³-hybridized carbons (Fsp3) is 0.385. The van der Waals surface area contributed by atoms with Crippen LogP contribution in [0.4, 0.5) is 4.39 Å². The number of amides is 1. The van der Waals surface area contributed by atoms with Gasteiger partial charge in [0.1, 0.15) is 5.82 Å². The lowest BCUT2D eigenvalue weighted by molar-refractivity contribution is 0.0768. The van der Waals surface area contributed by atoms with Gasteiger partial charge in [0.2, 0.25) is 0 Å². The minimum Gasteiger partial charge on any atom is -0.393 e. The van der Waals surface area contributed by atoms with E-state index in [9.17, 15) is 9.18 Å². The van der Waals surface area contributed by atoms with Crippen molar-refractivity contribution in [3.05, 3.63) is 35.1 Å². The Morgan fingerprint density at radius 3 is 2.61 bits per heavy atom. The smallest absolute Gasteiger partial charge is 0.253 e. The van der Waals surface area contributed by atoms with Crippen molar-refractivity contribution in [1.29, 1.82) is 0 Å². The molecule has 0 saturated heterocycles. The van der Waals surface area contributed by atoms with E-state index in [2.05, 4.69) is 0 Å². The van der Waals surface area contributed by atoms with Gasteiger partial charge < -0.3 is 10.6 Å². The summed E-state index contributed by atoms with van der Waals surface area (Å²) < 4.78 is 13.3. The molecule has 2 N–H and O–H groups in total. The Morgan fingerprint density at radius 2 is 2.11 bits per heavy atom. The third kappa shape index (κ3) is 4.07. The minimum atomic E-state index is -0.399. The van der Waals surface area contributed by atoms with Gasteiger partial charge in [-0.25, -0.2) is 4.39 Å². The van der Waals surface area contributed by atoms with E-state index in [0.717, 1.165) is 5.56 Å². The molecule has 5 heteroatoms. The lowest BCUT2D eigenvalue weighted by Crippen LogP contribution is -2.33. The highest BCUT2D eigenvalue weighted by Gasteiger charge is 2.15. The zero-order chi connectivity index (χ0) is 13.7.